The van der Waals surface area contributed by atoms with E-state index in [4.69, 9.17) is 22.6 Å². The quantitative estimate of drug-likeness (QED) is 0.638. The number of nitrogen functional groups attached to an aromatic ring is 1. The highest BCUT2D eigenvalue weighted by molar-refractivity contribution is 6.30. The second kappa shape index (κ2) is 8.57. The van der Waals surface area contributed by atoms with Gasteiger partial charge < -0.3 is 10.6 Å². The van der Waals surface area contributed by atoms with Crippen molar-refractivity contribution >= 4 is 23.0 Å². The van der Waals surface area contributed by atoms with Crippen LogP contribution in [-0.4, -0.2) is 31.1 Å². The van der Waals surface area contributed by atoms with Crippen LogP contribution < -0.4 is 10.6 Å². The lowest BCUT2D eigenvalue weighted by molar-refractivity contribution is 0.250. The zero-order chi connectivity index (χ0) is 20.2. The highest BCUT2D eigenvalue weighted by Crippen LogP contribution is 2.27. The Morgan fingerprint density at radius 3 is 2.34 bits per heavy atom. The fourth-order valence-electron chi connectivity index (χ4n) is 3.82. The van der Waals surface area contributed by atoms with Crippen LogP contribution >= 0.6 is 11.6 Å². The van der Waals surface area contributed by atoms with E-state index in [0.717, 1.165) is 43.4 Å². The van der Waals surface area contributed by atoms with E-state index in [-0.39, 0.29) is 0 Å². The van der Waals surface area contributed by atoms with Gasteiger partial charge in [0, 0.05) is 43.4 Å². The maximum absolute atomic E-state index is 9.06. The van der Waals surface area contributed by atoms with Crippen LogP contribution in [0.1, 0.15) is 11.1 Å². The third-order valence-electron chi connectivity index (χ3n) is 5.46. The first kappa shape index (κ1) is 19.3. The largest absolute Gasteiger partial charge is 0.398 e. The summed E-state index contributed by atoms with van der Waals surface area (Å²) < 4.78 is 0. The molecule has 5 heteroatoms. The summed E-state index contributed by atoms with van der Waals surface area (Å²) >= 11 is 6.05. The van der Waals surface area contributed by atoms with Gasteiger partial charge in [-0.3, -0.25) is 4.90 Å². The molecule has 3 aromatic carbocycles. The van der Waals surface area contributed by atoms with Crippen LogP contribution in [0.5, 0.6) is 0 Å². The molecule has 0 atom stereocenters. The van der Waals surface area contributed by atoms with E-state index < -0.39 is 0 Å². The van der Waals surface area contributed by atoms with Crippen LogP contribution in [0.25, 0.3) is 11.1 Å². The molecule has 0 aliphatic carbocycles. The Hall–Kier alpha value is -3.00. The van der Waals surface area contributed by atoms with Gasteiger partial charge in [0.25, 0.3) is 0 Å². The van der Waals surface area contributed by atoms with Crippen molar-refractivity contribution in [3.05, 3.63) is 82.9 Å². The van der Waals surface area contributed by atoms with E-state index in [1.54, 1.807) is 6.07 Å². The van der Waals surface area contributed by atoms with Crippen molar-refractivity contribution in [2.45, 2.75) is 6.54 Å². The van der Waals surface area contributed by atoms with Crippen LogP contribution in [0.4, 0.5) is 11.4 Å². The zero-order valence-corrected chi connectivity index (χ0v) is 16.9. The first-order valence-electron chi connectivity index (χ1n) is 9.75. The van der Waals surface area contributed by atoms with Crippen molar-refractivity contribution in [2.75, 3.05) is 36.8 Å². The molecule has 2 N–H and O–H groups in total. The average Bonchev–Trinajstić information content (AvgIpc) is 2.75. The summed E-state index contributed by atoms with van der Waals surface area (Å²) in [5, 5.41) is 9.81. The van der Waals surface area contributed by atoms with Crippen molar-refractivity contribution in [2.24, 2.45) is 0 Å². The molecule has 0 unspecified atom stereocenters. The molecule has 1 fully saturated rings. The number of nitrogens with zero attached hydrogens (tertiary/aromatic N) is 3. The monoisotopic (exact) mass is 402 g/mol. The number of halogens is 1. The van der Waals surface area contributed by atoms with E-state index >= 15 is 0 Å². The van der Waals surface area contributed by atoms with Crippen LogP contribution in [0, 0.1) is 11.3 Å². The number of rotatable bonds is 4. The second-order valence-corrected chi connectivity index (χ2v) is 7.75. The summed E-state index contributed by atoms with van der Waals surface area (Å²) in [6.45, 7) is 4.76. The minimum absolute atomic E-state index is 0.534. The Balaban J connectivity index is 1.44. The number of benzene rings is 3. The first-order chi connectivity index (χ1) is 14.1. The topological polar surface area (TPSA) is 56.3 Å². The number of anilines is 2. The standard InChI is InChI=1S/C24H23ClN4/c25-21-8-5-18(6-9-21)23-4-2-1-3-20(23)17-28-11-13-29(14-12-28)22-10-7-19(16-26)24(27)15-22/h1-10,15H,11-14,17,27H2. The van der Waals surface area contributed by atoms with Crippen molar-refractivity contribution in [1.29, 1.82) is 5.26 Å². The highest BCUT2D eigenvalue weighted by atomic mass is 35.5. The molecule has 1 aliphatic heterocycles. The van der Waals surface area contributed by atoms with Gasteiger partial charge in [-0.1, -0.05) is 48.0 Å². The van der Waals surface area contributed by atoms with Crippen molar-refractivity contribution in [3.8, 4) is 17.2 Å². The van der Waals surface area contributed by atoms with E-state index in [9.17, 15) is 0 Å². The van der Waals surface area contributed by atoms with Crippen molar-refractivity contribution in [1.82, 2.24) is 4.90 Å². The van der Waals surface area contributed by atoms with E-state index in [1.807, 2.05) is 24.3 Å². The summed E-state index contributed by atoms with van der Waals surface area (Å²) in [5.41, 5.74) is 11.9. The maximum Gasteiger partial charge on any atom is 0.101 e. The van der Waals surface area contributed by atoms with E-state index in [1.165, 1.54) is 16.7 Å². The van der Waals surface area contributed by atoms with Gasteiger partial charge >= 0.3 is 0 Å². The first-order valence-corrected chi connectivity index (χ1v) is 10.1. The molecule has 0 spiro atoms. The summed E-state index contributed by atoms with van der Waals surface area (Å²) in [4.78, 5) is 4.82. The molecule has 1 saturated heterocycles. The predicted octanol–water partition coefficient (Wildman–Crippen LogP) is 4.78. The molecular weight excluding hydrogens is 380 g/mol. The summed E-state index contributed by atoms with van der Waals surface area (Å²) in [6, 6.07) is 24.4. The van der Waals surface area contributed by atoms with Gasteiger partial charge in [0.1, 0.15) is 6.07 Å². The normalized spacial score (nSPS) is 14.6. The Morgan fingerprint density at radius 2 is 1.66 bits per heavy atom. The molecule has 3 aromatic rings. The number of piperazine rings is 1. The Morgan fingerprint density at radius 1 is 0.931 bits per heavy atom. The Labute approximate surface area is 176 Å². The molecule has 0 bridgehead atoms. The van der Waals surface area contributed by atoms with E-state index in [0.29, 0.717) is 11.3 Å². The lowest BCUT2D eigenvalue weighted by Gasteiger charge is -2.36. The predicted molar refractivity (Wildman–Crippen MR) is 120 cm³/mol. The Kier molecular flexibility index (Phi) is 5.71. The van der Waals surface area contributed by atoms with Gasteiger partial charge in [0.05, 0.1) is 11.3 Å². The molecule has 0 radical (unpaired) electrons. The van der Waals surface area contributed by atoms with Crippen LogP contribution in [0.15, 0.2) is 66.7 Å². The highest BCUT2D eigenvalue weighted by Gasteiger charge is 2.19. The molecule has 0 amide bonds. The number of nitrogens with two attached hydrogens (primary N) is 1. The molecule has 4 nitrogen and oxygen atoms in total. The molecular formula is C24H23ClN4. The minimum Gasteiger partial charge on any atom is -0.398 e. The van der Waals surface area contributed by atoms with Crippen LogP contribution in [0.3, 0.4) is 0 Å². The summed E-state index contributed by atoms with van der Waals surface area (Å²) in [6.07, 6.45) is 0. The van der Waals surface area contributed by atoms with Gasteiger partial charge in [-0.15, -0.1) is 0 Å². The Bertz CT molecular complexity index is 1030. The lowest BCUT2D eigenvalue weighted by Crippen LogP contribution is -2.46. The van der Waals surface area contributed by atoms with Crippen molar-refractivity contribution in [3.63, 3.8) is 0 Å². The minimum atomic E-state index is 0.534. The number of hydrogen-bond donors (Lipinski definition) is 1. The van der Waals surface area contributed by atoms with Crippen LogP contribution in [-0.2, 0) is 6.54 Å². The number of hydrogen-bond acceptors (Lipinski definition) is 4. The third kappa shape index (κ3) is 4.37. The molecule has 146 valence electrons. The lowest BCUT2D eigenvalue weighted by atomic mass is 9.99. The third-order valence-corrected chi connectivity index (χ3v) is 5.71. The zero-order valence-electron chi connectivity index (χ0n) is 16.2. The summed E-state index contributed by atoms with van der Waals surface area (Å²) in [5.74, 6) is 0. The fourth-order valence-corrected chi connectivity index (χ4v) is 3.95. The second-order valence-electron chi connectivity index (χ2n) is 7.31. The summed E-state index contributed by atoms with van der Waals surface area (Å²) in [7, 11) is 0. The van der Waals surface area contributed by atoms with E-state index in [2.05, 4.69) is 52.3 Å². The maximum atomic E-state index is 9.06. The average molecular weight is 403 g/mol. The van der Waals surface area contributed by atoms with Gasteiger partial charge in [0.2, 0.25) is 0 Å². The molecule has 1 heterocycles. The molecule has 4 rings (SSSR count). The number of nitriles is 1. The molecule has 29 heavy (non-hydrogen) atoms. The fraction of sp³-hybridized carbons (Fsp3) is 0.208. The van der Waals surface area contributed by atoms with Crippen molar-refractivity contribution < 1.29 is 0 Å². The van der Waals surface area contributed by atoms with Gasteiger partial charge in [0.15, 0.2) is 0 Å². The molecule has 1 aliphatic rings. The smallest absolute Gasteiger partial charge is 0.101 e. The SMILES string of the molecule is N#Cc1ccc(N2CCN(Cc3ccccc3-c3ccc(Cl)cc3)CC2)cc1N. The van der Waals surface area contributed by atoms with Gasteiger partial charge in [-0.25, -0.2) is 0 Å². The van der Waals surface area contributed by atoms with Gasteiger partial charge in [-0.05, 0) is 47.0 Å². The van der Waals surface area contributed by atoms with Crippen LogP contribution in [0.2, 0.25) is 5.02 Å². The van der Waals surface area contributed by atoms with Gasteiger partial charge in [-0.2, -0.15) is 5.26 Å². The molecule has 0 saturated carbocycles. The molecule has 0 aromatic heterocycles.